The number of rotatable bonds is 3. The van der Waals surface area contributed by atoms with E-state index in [4.69, 9.17) is 4.74 Å². The molecule has 0 heterocycles. The monoisotopic (exact) mass is 288 g/mol. The van der Waals surface area contributed by atoms with E-state index < -0.39 is 0 Å². The van der Waals surface area contributed by atoms with Crippen molar-refractivity contribution in [2.45, 2.75) is 13.8 Å². The van der Waals surface area contributed by atoms with Crippen LogP contribution in [0.1, 0.15) is 11.1 Å². The lowest BCUT2D eigenvalue weighted by molar-refractivity contribution is 0.415. The lowest BCUT2D eigenvalue weighted by Gasteiger charge is -2.09. The largest absolute Gasteiger partial charge is 0.497 e. The van der Waals surface area contributed by atoms with Gasteiger partial charge in [0.25, 0.3) is 0 Å². The predicted octanol–water partition coefficient (Wildman–Crippen LogP) is 5.65. The molecule has 0 amide bonds. The lowest BCUT2D eigenvalue weighted by Crippen LogP contribution is -1.86. The molecule has 3 aromatic carbocycles. The fourth-order valence-corrected chi connectivity index (χ4v) is 2.65. The summed E-state index contributed by atoms with van der Waals surface area (Å²) >= 11 is 0. The summed E-state index contributed by atoms with van der Waals surface area (Å²) in [5.74, 6) is 0.884. The Balaban J connectivity index is 2.03. The van der Waals surface area contributed by atoms with E-state index in [1.807, 2.05) is 12.1 Å². The van der Waals surface area contributed by atoms with Gasteiger partial charge in [0.1, 0.15) is 5.75 Å². The van der Waals surface area contributed by atoms with Crippen LogP contribution >= 0.6 is 0 Å². The fraction of sp³-hybridized carbons (Fsp3) is 0.143. The Hall–Kier alpha value is -2.54. The second-order valence-electron chi connectivity index (χ2n) is 5.68. The zero-order chi connectivity index (χ0) is 15.5. The molecule has 0 radical (unpaired) electrons. The zero-order valence-electron chi connectivity index (χ0n) is 13.3. The van der Waals surface area contributed by atoms with Crippen molar-refractivity contribution in [2.75, 3.05) is 7.11 Å². The summed E-state index contributed by atoms with van der Waals surface area (Å²) in [7, 11) is 1.69. The number of hydrogen-bond donors (Lipinski definition) is 0. The summed E-state index contributed by atoms with van der Waals surface area (Å²) in [6.45, 7) is 4.26. The summed E-state index contributed by atoms with van der Waals surface area (Å²) in [5, 5.41) is 0. The molecule has 0 N–H and O–H groups in total. The van der Waals surface area contributed by atoms with Crippen molar-refractivity contribution in [3.05, 3.63) is 77.9 Å². The molecule has 0 aliphatic carbocycles. The van der Waals surface area contributed by atoms with Gasteiger partial charge in [-0.1, -0.05) is 54.1 Å². The molecular weight excluding hydrogens is 268 g/mol. The van der Waals surface area contributed by atoms with E-state index in [-0.39, 0.29) is 0 Å². The lowest BCUT2D eigenvalue weighted by atomic mass is 9.96. The van der Waals surface area contributed by atoms with E-state index in [2.05, 4.69) is 68.4 Å². The molecule has 0 saturated carbocycles. The second-order valence-corrected chi connectivity index (χ2v) is 5.68. The number of ether oxygens (including phenoxy) is 1. The Bertz CT molecular complexity index is 768. The van der Waals surface area contributed by atoms with E-state index in [0.29, 0.717) is 0 Å². The van der Waals surface area contributed by atoms with Crippen molar-refractivity contribution in [1.29, 1.82) is 0 Å². The van der Waals surface area contributed by atoms with Crippen LogP contribution < -0.4 is 4.74 Å². The third kappa shape index (κ3) is 3.04. The highest BCUT2D eigenvalue weighted by Gasteiger charge is 2.04. The molecule has 0 unspecified atom stereocenters. The first kappa shape index (κ1) is 14.4. The molecular formula is C21H20O. The molecule has 0 atom stereocenters. The Morgan fingerprint density at radius 2 is 1.05 bits per heavy atom. The molecule has 3 rings (SSSR count). The number of hydrogen-bond acceptors (Lipinski definition) is 1. The van der Waals surface area contributed by atoms with Gasteiger partial charge in [0.2, 0.25) is 0 Å². The van der Waals surface area contributed by atoms with E-state index in [0.717, 1.165) is 5.75 Å². The van der Waals surface area contributed by atoms with Crippen LogP contribution in [-0.2, 0) is 0 Å². The van der Waals surface area contributed by atoms with Crippen molar-refractivity contribution in [3.8, 4) is 28.0 Å². The third-order valence-electron chi connectivity index (χ3n) is 3.89. The van der Waals surface area contributed by atoms with Crippen molar-refractivity contribution >= 4 is 0 Å². The van der Waals surface area contributed by atoms with Crippen molar-refractivity contribution in [3.63, 3.8) is 0 Å². The number of aryl methyl sites for hydroxylation is 2. The van der Waals surface area contributed by atoms with Crippen molar-refractivity contribution in [2.24, 2.45) is 0 Å². The molecule has 0 spiro atoms. The Morgan fingerprint density at radius 1 is 0.545 bits per heavy atom. The van der Waals surface area contributed by atoms with Gasteiger partial charge in [0.15, 0.2) is 0 Å². The Morgan fingerprint density at radius 3 is 1.55 bits per heavy atom. The van der Waals surface area contributed by atoms with E-state index in [1.165, 1.54) is 33.4 Å². The quantitative estimate of drug-likeness (QED) is 0.605. The molecule has 0 aliphatic rings. The van der Waals surface area contributed by atoms with Crippen LogP contribution in [0.15, 0.2) is 66.7 Å². The highest BCUT2D eigenvalue weighted by molar-refractivity contribution is 5.74. The van der Waals surface area contributed by atoms with Gasteiger partial charge in [0, 0.05) is 0 Å². The highest BCUT2D eigenvalue weighted by atomic mass is 16.5. The standard InChI is InChI=1S/C21H20O/c1-15-4-6-17(7-5-15)19-12-16(2)13-20(14-19)18-8-10-21(22-3)11-9-18/h4-14H,1-3H3. The summed E-state index contributed by atoms with van der Waals surface area (Å²) in [5.41, 5.74) is 7.50. The van der Waals surface area contributed by atoms with Gasteiger partial charge in [-0.3, -0.25) is 0 Å². The summed E-state index contributed by atoms with van der Waals surface area (Å²) in [6.07, 6.45) is 0. The van der Waals surface area contributed by atoms with Gasteiger partial charge in [-0.2, -0.15) is 0 Å². The van der Waals surface area contributed by atoms with E-state index in [1.54, 1.807) is 7.11 Å². The molecule has 0 aromatic heterocycles. The minimum atomic E-state index is 0.884. The van der Waals surface area contributed by atoms with Crippen LogP contribution in [0.4, 0.5) is 0 Å². The highest BCUT2D eigenvalue weighted by Crippen LogP contribution is 2.29. The molecule has 110 valence electrons. The van der Waals surface area contributed by atoms with Gasteiger partial charge < -0.3 is 4.74 Å². The SMILES string of the molecule is COc1ccc(-c2cc(C)cc(-c3ccc(C)cc3)c2)cc1. The van der Waals surface area contributed by atoms with Crippen molar-refractivity contribution < 1.29 is 4.74 Å². The van der Waals surface area contributed by atoms with Crippen LogP contribution in [0.25, 0.3) is 22.3 Å². The van der Waals surface area contributed by atoms with Crippen LogP contribution in [0.2, 0.25) is 0 Å². The van der Waals surface area contributed by atoms with Crippen LogP contribution in [0.3, 0.4) is 0 Å². The first-order valence-corrected chi connectivity index (χ1v) is 7.49. The molecule has 0 saturated heterocycles. The molecule has 0 bridgehead atoms. The normalized spacial score (nSPS) is 10.5. The Labute approximate surface area is 132 Å². The maximum absolute atomic E-state index is 5.23. The molecule has 0 aliphatic heterocycles. The molecule has 1 nitrogen and oxygen atoms in total. The van der Waals surface area contributed by atoms with Gasteiger partial charge in [-0.25, -0.2) is 0 Å². The minimum Gasteiger partial charge on any atom is -0.497 e. The summed E-state index contributed by atoms with van der Waals surface area (Å²) in [6, 6.07) is 23.6. The van der Waals surface area contributed by atoms with Gasteiger partial charge in [-0.05, 0) is 59.9 Å². The molecule has 22 heavy (non-hydrogen) atoms. The zero-order valence-corrected chi connectivity index (χ0v) is 13.3. The number of benzene rings is 3. The van der Waals surface area contributed by atoms with Crippen LogP contribution in [0.5, 0.6) is 5.75 Å². The smallest absolute Gasteiger partial charge is 0.118 e. The predicted molar refractivity (Wildman–Crippen MR) is 93.3 cm³/mol. The third-order valence-corrected chi connectivity index (χ3v) is 3.89. The van der Waals surface area contributed by atoms with E-state index in [9.17, 15) is 0 Å². The molecule has 3 aromatic rings. The maximum Gasteiger partial charge on any atom is 0.118 e. The average Bonchev–Trinajstić information content (AvgIpc) is 2.55. The summed E-state index contributed by atoms with van der Waals surface area (Å²) < 4.78 is 5.23. The maximum atomic E-state index is 5.23. The molecule has 0 fully saturated rings. The summed E-state index contributed by atoms with van der Waals surface area (Å²) in [4.78, 5) is 0. The van der Waals surface area contributed by atoms with Crippen molar-refractivity contribution in [1.82, 2.24) is 0 Å². The van der Waals surface area contributed by atoms with Gasteiger partial charge in [0.05, 0.1) is 7.11 Å². The first-order chi connectivity index (χ1) is 10.7. The van der Waals surface area contributed by atoms with Gasteiger partial charge in [-0.15, -0.1) is 0 Å². The topological polar surface area (TPSA) is 9.23 Å². The van der Waals surface area contributed by atoms with E-state index >= 15 is 0 Å². The number of methoxy groups -OCH3 is 1. The second kappa shape index (κ2) is 6.07. The fourth-order valence-electron chi connectivity index (χ4n) is 2.65. The van der Waals surface area contributed by atoms with Crippen LogP contribution in [-0.4, -0.2) is 7.11 Å². The first-order valence-electron chi connectivity index (χ1n) is 7.49. The van der Waals surface area contributed by atoms with Crippen LogP contribution in [0, 0.1) is 13.8 Å². The minimum absolute atomic E-state index is 0.884. The Kier molecular flexibility index (Phi) is 3.97. The molecule has 1 heteroatoms. The average molecular weight is 288 g/mol. The van der Waals surface area contributed by atoms with Gasteiger partial charge >= 0.3 is 0 Å².